The molecule has 2 saturated heterocycles. The van der Waals surface area contributed by atoms with Gasteiger partial charge in [0.1, 0.15) is 12.4 Å². The van der Waals surface area contributed by atoms with E-state index in [9.17, 15) is 9.90 Å². The highest BCUT2D eigenvalue weighted by molar-refractivity contribution is 5.97. The minimum Gasteiger partial charge on any atom is -0.388 e. The van der Waals surface area contributed by atoms with Crippen LogP contribution >= 0.6 is 0 Å². The first-order valence-corrected chi connectivity index (χ1v) is 10.3. The van der Waals surface area contributed by atoms with E-state index in [0.29, 0.717) is 24.0 Å². The molecular formula is C21H30N4O3. The number of rotatable bonds is 5. The lowest BCUT2D eigenvalue weighted by Gasteiger charge is -2.40. The van der Waals surface area contributed by atoms with Gasteiger partial charge in [-0.1, -0.05) is 0 Å². The van der Waals surface area contributed by atoms with Gasteiger partial charge in [0.05, 0.1) is 22.7 Å². The SMILES string of the molecule is CC(C)N1CCC2(CCC(CNC(=O)c3ccc4nc(CO)[nH]c4c3)O2)CC1. The molecule has 7 heteroatoms. The van der Waals surface area contributed by atoms with Gasteiger partial charge in [-0.15, -0.1) is 0 Å². The molecule has 3 N–H and O–H groups in total. The monoisotopic (exact) mass is 386 g/mol. The van der Waals surface area contributed by atoms with E-state index < -0.39 is 0 Å². The number of amides is 1. The van der Waals surface area contributed by atoms with Crippen molar-refractivity contribution in [2.75, 3.05) is 19.6 Å². The molecule has 2 aromatic rings. The summed E-state index contributed by atoms with van der Waals surface area (Å²) in [5, 5.41) is 12.2. The highest BCUT2D eigenvalue weighted by Gasteiger charge is 2.42. The number of fused-ring (bicyclic) bond motifs is 1. The second-order valence-electron chi connectivity index (χ2n) is 8.37. The summed E-state index contributed by atoms with van der Waals surface area (Å²) in [6, 6.07) is 5.92. The highest BCUT2D eigenvalue weighted by Crippen LogP contribution is 2.39. The van der Waals surface area contributed by atoms with Gasteiger partial charge < -0.3 is 25.0 Å². The number of nitrogens with one attached hydrogen (secondary N) is 2. The van der Waals surface area contributed by atoms with Gasteiger partial charge >= 0.3 is 0 Å². The lowest BCUT2D eigenvalue weighted by Crippen LogP contribution is -2.47. The summed E-state index contributed by atoms with van der Waals surface area (Å²) < 4.78 is 6.41. The molecule has 4 rings (SSSR count). The lowest BCUT2D eigenvalue weighted by molar-refractivity contribution is -0.0788. The van der Waals surface area contributed by atoms with Crippen LogP contribution in [0, 0.1) is 0 Å². The fourth-order valence-electron chi connectivity index (χ4n) is 4.44. The van der Waals surface area contributed by atoms with Crippen molar-refractivity contribution in [3.8, 4) is 0 Å². The maximum atomic E-state index is 12.6. The van der Waals surface area contributed by atoms with Crippen LogP contribution in [-0.2, 0) is 11.3 Å². The van der Waals surface area contributed by atoms with E-state index in [2.05, 4.69) is 34.0 Å². The molecule has 3 heterocycles. The number of aromatic amines is 1. The molecular weight excluding hydrogens is 356 g/mol. The molecule has 1 spiro atoms. The van der Waals surface area contributed by atoms with Crippen LogP contribution in [0.2, 0.25) is 0 Å². The van der Waals surface area contributed by atoms with Gasteiger partial charge in [-0.3, -0.25) is 4.79 Å². The van der Waals surface area contributed by atoms with Crippen molar-refractivity contribution in [1.29, 1.82) is 0 Å². The Kier molecular flexibility index (Phi) is 5.40. The molecule has 1 amide bonds. The molecule has 0 saturated carbocycles. The molecule has 0 aliphatic carbocycles. The van der Waals surface area contributed by atoms with Crippen LogP contribution in [0.15, 0.2) is 18.2 Å². The number of nitrogens with zero attached hydrogens (tertiary/aromatic N) is 2. The largest absolute Gasteiger partial charge is 0.388 e. The van der Waals surface area contributed by atoms with Crippen molar-refractivity contribution in [1.82, 2.24) is 20.2 Å². The van der Waals surface area contributed by atoms with E-state index in [1.54, 1.807) is 18.2 Å². The Bertz CT molecular complexity index is 839. The summed E-state index contributed by atoms with van der Waals surface area (Å²) in [6.45, 7) is 7.07. The molecule has 1 aromatic carbocycles. The lowest BCUT2D eigenvalue weighted by atomic mass is 9.88. The number of imidazole rings is 1. The van der Waals surface area contributed by atoms with Crippen LogP contribution in [0.3, 0.4) is 0 Å². The van der Waals surface area contributed by atoms with Crippen molar-refractivity contribution < 1.29 is 14.6 Å². The number of carbonyl (C=O) groups excluding carboxylic acids is 1. The zero-order valence-electron chi connectivity index (χ0n) is 16.7. The summed E-state index contributed by atoms with van der Waals surface area (Å²) >= 11 is 0. The van der Waals surface area contributed by atoms with E-state index in [-0.39, 0.29) is 24.2 Å². The Morgan fingerprint density at radius 1 is 1.39 bits per heavy atom. The topological polar surface area (TPSA) is 90.5 Å². The fraction of sp³-hybridized carbons (Fsp3) is 0.619. The summed E-state index contributed by atoms with van der Waals surface area (Å²) in [6.07, 6.45) is 4.34. The second-order valence-corrected chi connectivity index (χ2v) is 8.37. The van der Waals surface area contributed by atoms with E-state index in [0.717, 1.165) is 49.8 Å². The van der Waals surface area contributed by atoms with Gasteiger partial charge in [-0.2, -0.15) is 0 Å². The normalized spacial score (nSPS) is 22.4. The van der Waals surface area contributed by atoms with E-state index in [1.165, 1.54) is 0 Å². The number of likely N-dealkylation sites (tertiary alicyclic amines) is 1. The molecule has 28 heavy (non-hydrogen) atoms. The number of piperidine rings is 1. The third-order valence-corrected chi connectivity index (χ3v) is 6.21. The Hall–Kier alpha value is -1.96. The van der Waals surface area contributed by atoms with Crippen molar-refractivity contribution in [2.45, 2.75) is 63.9 Å². The number of aliphatic hydroxyl groups is 1. The number of hydrogen-bond donors (Lipinski definition) is 3. The average molecular weight is 386 g/mol. The average Bonchev–Trinajstić information content (AvgIpc) is 3.29. The summed E-state index contributed by atoms with van der Waals surface area (Å²) in [4.78, 5) is 22.3. The zero-order chi connectivity index (χ0) is 19.7. The van der Waals surface area contributed by atoms with Gasteiger partial charge in [-0.05, 0) is 57.7 Å². The smallest absolute Gasteiger partial charge is 0.251 e. The third-order valence-electron chi connectivity index (χ3n) is 6.21. The Morgan fingerprint density at radius 3 is 2.89 bits per heavy atom. The zero-order valence-corrected chi connectivity index (χ0v) is 16.7. The predicted octanol–water partition coefficient (Wildman–Crippen LogP) is 2.21. The number of ether oxygens (including phenoxy) is 1. The first kappa shape index (κ1) is 19.4. The molecule has 1 aromatic heterocycles. The molecule has 7 nitrogen and oxygen atoms in total. The van der Waals surface area contributed by atoms with Gasteiger partial charge in [0, 0.05) is 31.2 Å². The third kappa shape index (κ3) is 3.92. The summed E-state index contributed by atoms with van der Waals surface area (Å²) in [5.41, 5.74) is 2.09. The Balaban J connectivity index is 1.31. The Morgan fingerprint density at radius 2 is 2.18 bits per heavy atom. The highest BCUT2D eigenvalue weighted by atomic mass is 16.5. The molecule has 0 bridgehead atoms. The van der Waals surface area contributed by atoms with Crippen LogP contribution < -0.4 is 5.32 Å². The van der Waals surface area contributed by atoms with Crippen LogP contribution in [0.5, 0.6) is 0 Å². The standard InChI is InChI=1S/C21H30N4O3/c1-14(2)25-9-7-21(8-10-25)6-5-16(28-21)12-22-20(27)15-3-4-17-18(11-15)24-19(13-26)23-17/h3-4,11,14,16,26H,5-10,12-13H2,1-2H3,(H,22,27)(H,23,24). The van der Waals surface area contributed by atoms with Gasteiger partial charge in [0.15, 0.2) is 0 Å². The molecule has 2 aliphatic rings. The quantitative estimate of drug-likeness (QED) is 0.733. The number of H-pyrrole nitrogens is 1. The van der Waals surface area contributed by atoms with Crippen LogP contribution in [0.4, 0.5) is 0 Å². The first-order chi connectivity index (χ1) is 13.5. The molecule has 1 atom stereocenters. The predicted molar refractivity (Wildman–Crippen MR) is 107 cm³/mol. The van der Waals surface area contributed by atoms with Crippen molar-refractivity contribution in [2.24, 2.45) is 0 Å². The molecule has 0 radical (unpaired) electrons. The van der Waals surface area contributed by atoms with E-state index >= 15 is 0 Å². The number of aromatic nitrogens is 2. The van der Waals surface area contributed by atoms with Gasteiger partial charge in [0.25, 0.3) is 5.91 Å². The molecule has 152 valence electrons. The summed E-state index contributed by atoms with van der Waals surface area (Å²) in [7, 11) is 0. The minimum atomic E-state index is -0.147. The first-order valence-electron chi connectivity index (χ1n) is 10.3. The molecule has 1 unspecified atom stereocenters. The van der Waals surface area contributed by atoms with E-state index in [1.807, 2.05) is 0 Å². The number of aliphatic hydroxyl groups excluding tert-OH is 1. The number of benzene rings is 1. The fourth-order valence-corrected chi connectivity index (χ4v) is 4.44. The second kappa shape index (κ2) is 7.81. The van der Waals surface area contributed by atoms with Crippen LogP contribution in [0.1, 0.15) is 55.7 Å². The van der Waals surface area contributed by atoms with Crippen LogP contribution in [0.25, 0.3) is 11.0 Å². The molecule has 2 aliphatic heterocycles. The molecule has 2 fully saturated rings. The Labute approximate surface area is 165 Å². The number of hydrogen-bond acceptors (Lipinski definition) is 5. The maximum absolute atomic E-state index is 12.6. The van der Waals surface area contributed by atoms with Gasteiger partial charge in [0.2, 0.25) is 0 Å². The van der Waals surface area contributed by atoms with Crippen molar-refractivity contribution in [3.63, 3.8) is 0 Å². The number of carbonyl (C=O) groups is 1. The summed E-state index contributed by atoms with van der Waals surface area (Å²) in [5.74, 6) is 0.391. The van der Waals surface area contributed by atoms with Gasteiger partial charge in [-0.25, -0.2) is 4.98 Å². The van der Waals surface area contributed by atoms with E-state index in [4.69, 9.17) is 4.74 Å². The maximum Gasteiger partial charge on any atom is 0.251 e. The van der Waals surface area contributed by atoms with Crippen molar-refractivity contribution in [3.05, 3.63) is 29.6 Å². The van der Waals surface area contributed by atoms with Crippen LogP contribution in [-0.4, -0.2) is 63.3 Å². The van der Waals surface area contributed by atoms with Crippen molar-refractivity contribution >= 4 is 16.9 Å². The minimum absolute atomic E-state index is 0.0102.